The van der Waals surface area contributed by atoms with E-state index in [1.807, 2.05) is 6.08 Å². The number of benzene rings is 1. The van der Waals surface area contributed by atoms with Crippen LogP contribution < -0.4 is 0 Å². The molecule has 0 spiro atoms. The van der Waals surface area contributed by atoms with Gasteiger partial charge in [-0.15, -0.1) is 0 Å². The molecule has 0 aliphatic carbocycles. The van der Waals surface area contributed by atoms with Crippen molar-refractivity contribution in [1.82, 2.24) is 0 Å². The molecule has 1 atom stereocenters. The van der Waals surface area contributed by atoms with E-state index in [0.29, 0.717) is 0 Å². The maximum Gasteiger partial charge on any atom is 0.289 e. The first-order valence-corrected chi connectivity index (χ1v) is 9.55. The van der Waals surface area contributed by atoms with Crippen molar-refractivity contribution in [3.05, 3.63) is 42.0 Å². The number of ether oxygens (including phenoxy) is 3. The van der Waals surface area contributed by atoms with Gasteiger partial charge in [0.15, 0.2) is 0 Å². The normalized spacial score (nSPS) is 13.0. The summed E-state index contributed by atoms with van der Waals surface area (Å²) in [7, 11) is 4.93. The van der Waals surface area contributed by atoms with Crippen LogP contribution in [0.3, 0.4) is 0 Å². The van der Waals surface area contributed by atoms with E-state index in [4.69, 9.17) is 14.2 Å². The summed E-state index contributed by atoms with van der Waals surface area (Å²) < 4.78 is 17.0. The maximum atomic E-state index is 5.65. The molecule has 1 rings (SSSR count). The third-order valence-corrected chi connectivity index (χ3v) is 4.95. The van der Waals surface area contributed by atoms with Crippen LogP contribution in [0.25, 0.3) is 6.08 Å². The van der Waals surface area contributed by atoms with Crippen LogP contribution in [0, 0.1) is 0 Å². The molecule has 0 radical (unpaired) electrons. The Balaban J connectivity index is 2.76. The lowest BCUT2D eigenvalue weighted by Gasteiger charge is -2.36. The third-order valence-electron chi connectivity index (χ3n) is 4.95. The fourth-order valence-electron chi connectivity index (χ4n) is 3.39. The highest BCUT2D eigenvalue weighted by Crippen LogP contribution is 2.37. The van der Waals surface area contributed by atoms with Gasteiger partial charge < -0.3 is 14.2 Å². The summed E-state index contributed by atoms with van der Waals surface area (Å²) in [6.07, 6.45) is 11.8. The average molecular weight is 349 g/mol. The van der Waals surface area contributed by atoms with Gasteiger partial charge in [0.25, 0.3) is 5.97 Å². The molecule has 142 valence electrons. The van der Waals surface area contributed by atoms with Crippen LogP contribution in [0.1, 0.15) is 75.3 Å². The van der Waals surface area contributed by atoms with Gasteiger partial charge in [-0.3, -0.25) is 0 Å². The Morgan fingerprint density at radius 2 is 1.40 bits per heavy atom. The van der Waals surface area contributed by atoms with Gasteiger partial charge in [-0.05, 0) is 17.5 Å². The lowest BCUT2D eigenvalue weighted by atomic mass is 9.89. The smallest absolute Gasteiger partial charge is 0.289 e. The van der Waals surface area contributed by atoms with Gasteiger partial charge in [0, 0.05) is 21.3 Å². The monoisotopic (exact) mass is 348 g/mol. The summed E-state index contributed by atoms with van der Waals surface area (Å²) in [6.45, 7) is 6.07. The molecule has 1 aromatic rings. The number of hydrogen-bond donors (Lipinski definition) is 0. The third kappa shape index (κ3) is 6.58. The summed E-state index contributed by atoms with van der Waals surface area (Å²) in [5.74, 6) is -1.01. The summed E-state index contributed by atoms with van der Waals surface area (Å²) in [6, 6.07) is 8.39. The number of unbranched alkanes of at least 4 members (excludes halogenated alkanes) is 6. The summed E-state index contributed by atoms with van der Waals surface area (Å²) >= 11 is 0. The van der Waals surface area contributed by atoms with Crippen LogP contribution in [0.5, 0.6) is 0 Å². The van der Waals surface area contributed by atoms with Gasteiger partial charge in [-0.1, -0.05) is 88.8 Å². The van der Waals surface area contributed by atoms with Crippen molar-refractivity contribution >= 4 is 6.08 Å². The molecule has 1 unspecified atom stereocenters. The van der Waals surface area contributed by atoms with E-state index in [1.165, 1.54) is 44.1 Å². The van der Waals surface area contributed by atoms with Crippen LogP contribution >= 0.6 is 0 Å². The minimum absolute atomic E-state index is 0.0296. The zero-order valence-electron chi connectivity index (χ0n) is 16.6. The van der Waals surface area contributed by atoms with Crippen LogP contribution in [-0.4, -0.2) is 27.3 Å². The van der Waals surface area contributed by atoms with Crippen molar-refractivity contribution in [2.75, 3.05) is 21.3 Å². The van der Waals surface area contributed by atoms with Crippen molar-refractivity contribution in [3.63, 3.8) is 0 Å². The molecule has 0 fully saturated rings. The Morgan fingerprint density at radius 1 is 0.880 bits per heavy atom. The second-order valence-corrected chi connectivity index (χ2v) is 6.55. The lowest BCUT2D eigenvalue weighted by molar-refractivity contribution is -0.365. The standard InChI is InChI=1S/C22H36O3/c1-6-8-9-10-11-12-13-14-21(22(23-3,24-4)25-5)20-17-15-19(7-2)16-18-20/h7,15-18,21H,2,6,8-14H2,1,3-5H3. The summed E-state index contributed by atoms with van der Waals surface area (Å²) in [4.78, 5) is 0. The molecule has 3 heteroatoms. The van der Waals surface area contributed by atoms with Gasteiger partial charge >= 0.3 is 0 Å². The van der Waals surface area contributed by atoms with Crippen molar-refractivity contribution in [2.45, 2.75) is 70.2 Å². The first-order valence-electron chi connectivity index (χ1n) is 9.55. The molecule has 0 bridgehead atoms. The number of hydrogen-bond acceptors (Lipinski definition) is 3. The number of rotatable bonds is 14. The molecule has 0 amide bonds. The average Bonchev–Trinajstić information content (AvgIpc) is 2.67. The van der Waals surface area contributed by atoms with Gasteiger partial charge in [0.05, 0.1) is 5.92 Å². The van der Waals surface area contributed by atoms with Gasteiger partial charge in [0.1, 0.15) is 0 Å². The first-order chi connectivity index (χ1) is 12.2. The van der Waals surface area contributed by atoms with E-state index < -0.39 is 5.97 Å². The van der Waals surface area contributed by atoms with Gasteiger partial charge in [-0.2, -0.15) is 0 Å². The largest absolute Gasteiger partial charge is 0.330 e. The Labute approximate surface area is 154 Å². The fraction of sp³-hybridized carbons (Fsp3) is 0.636. The molecule has 0 aromatic heterocycles. The molecular formula is C22H36O3. The first kappa shape index (κ1) is 21.9. The van der Waals surface area contributed by atoms with Crippen molar-refractivity contribution < 1.29 is 14.2 Å². The van der Waals surface area contributed by atoms with Crippen molar-refractivity contribution in [2.24, 2.45) is 0 Å². The highest BCUT2D eigenvalue weighted by atomic mass is 16.9. The Hall–Kier alpha value is -1.16. The van der Waals surface area contributed by atoms with Gasteiger partial charge in [-0.25, -0.2) is 0 Å². The Kier molecular flexibility index (Phi) is 10.7. The molecule has 3 nitrogen and oxygen atoms in total. The highest BCUT2D eigenvalue weighted by molar-refractivity contribution is 5.47. The van der Waals surface area contributed by atoms with Crippen LogP contribution in [0.4, 0.5) is 0 Å². The van der Waals surface area contributed by atoms with Crippen LogP contribution in [0.2, 0.25) is 0 Å². The fourth-order valence-corrected chi connectivity index (χ4v) is 3.39. The van der Waals surface area contributed by atoms with E-state index in [-0.39, 0.29) is 5.92 Å². The van der Waals surface area contributed by atoms with Crippen LogP contribution in [0.15, 0.2) is 30.8 Å². The van der Waals surface area contributed by atoms with Gasteiger partial charge in [0.2, 0.25) is 0 Å². The molecule has 0 aliphatic rings. The van der Waals surface area contributed by atoms with E-state index in [0.717, 1.165) is 18.4 Å². The lowest BCUT2D eigenvalue weighted by Crippen LogP contribution is -2.42. The predicted molar refractivity (Wildman–Crippen MR) is 106 cm³/mol. The van der Waals surface area contributed by atoms with Crippen molar-refractivity contribution in [1.29, 1.82) is 0 Å². The molecule has 0 heterocycles. The molecular weight excluding hydrogens is 312 g/mol. The Morgan fingerprint density at radius 3 is 1.88 bits per heavy atom. The zero-order valence-corrected chi connectivity index (χ0v) is 16.6. The quantitative estimate of drug-likeness (QED) is 0.298. The van der Waals surface area contributed by atoms with Crippen LogP contribution in [-0.2, 0) is 14.2 Å². The molecule has 0 N–H and O–H groups in total. The molecule has 0 saturated heterocycles. The zero-order chi connectivity index (χ0) is 18.5. The van der Waals surface area contributed by atoms with E-state index in [9.17, 15) is 0 Å². The molecule has 1 aromatic carbocycles. The molecule has 0 saturated carbocycles. The predicted octanol–water partition coefficient (Wildman–Crippen LogP) is 6.15. The summed E-state index contributed by atoms with van der Waals surface area (Å²) in [5.41, 5.74) is 2.28. The maximum absolute atomic E-state index is 5.65. The second-order valence-electron chi connectivity index (χ2n) is 6.55. The molecule has 0 aliphatic heterocycles. The van der Waals surface area contributed by atoms with E-state index >= 15 is 0 Å². The highest BCUT2D eigenvalue weighted by Gasteiger charge is 2.40. The number of methoxy groups -OCH3 is 3. The van der Waals surface area contributed by atoms with E-state index in [1.54, 1.807) is 21.3 Å². The minimum Gasteiger partial charge on any atom is -0.330 e. The van der Waals surface area contributed by atoms with Crippen molar-refractivity contribution in [3.8, 4) is 0 Å². The topological polar surface area (TPSA) is 27.7 Å². The Bertz CT molecular complexity index is 454. The molecule has 25 heavy (non-hydrogen) atoms. The minimum atomic E-state index is -1.04. The van der Waals surface area contributed by atoms with E-state index in [2.05, 4.69) is 37.8 Å². The SMILES string of the molecule is C=Cc1ccc(C(CCCCCCCCC)C(OC)(OC)OC)cc1. The summed E-state index contributed by atoms with van der Waals surface area (Å²) in [5, 5.41) is 0. The second kappa shape index (κ2) is 12.2.